The summed E-state index contributed by atoms with van der Waals surface area (Å²) in [6.07, 6.45) is 4.60. The summed E-state index contributed by atoms with van der Waals surface area (Å²) in [5.41, 5.74) is 0.512. The molecule has 0 aromatic rings. The van der Waals surface area contributed by atoms with Crippen LogP contribution in [0.4, 0.5) is 0 Å². The van der Waals surface area contributed by atoms with E-state index in [0.717, 1.165) is 39.0 Å². The Morgan fingerprint density at radius 3 is 2.85 bits per heavy atom. The molecule has 1 N–H and O–H groups in total. The fourth-order valence-electron chi connectivity index (χ4n) is 4.90. The van der Waals surface area contributed by atoms with Crippen molar-refractivity contribution in [2.24, 2.45) is 4.99 Å². The molecule has 1 aliphatic carbocycles. The highest BCUT2D eigenvalue weighted by Crippen LogP contribution is 2.63. The molecule has 1 amide bonds. The van der Waals surface area contributed by atoms with Crippen LogP contribution >= 0.6 is 0 Å². The maximum atomic E-state index is 11.5. The van der Waals surface area contributed by atoms with Gasteiger partial charge in [-0.2, -0.15) is 0 Å². The Morgan fingerprint density at radius 1 is 1.40 bits per heavy atom. The lowest BCUT2D eigenvalue weighted by Gasteiger charge is -2.43. The van der Waals surface area contributed by atoms with Crippen LogP contribution in [0.3, 0.4) is 0 Å². The maximum absolute atomic E-state index is 11.5. The summed E-state index contributed by atoms with van der Waals surface area (Å²) >= 11 is 0. The van der Waals surface area contributed by atoms with Gasteiger partial charge in [0.15, 0.2) is 0 Å². The first-order valence-electron chi connectivity index (χ1n) is 7.90. The van der Waals surface area contributed by atoms with Crippen molar-refractivity contribution in [3.8, 4) is 0 Å². The zero-order chi connectivity index (χ0) is 14.0. The van der Waals surface area contributed by atoms with E-state index in [4.69, 9.17) is 4.99 Å². The number of hydrogen-bond donors (Lipinski definition) is 1. The highest BCUT2D eigenvalue weighted by molar-refractivity contribution is 5.86. The van der Waals surface area contributed by atoms with E-state index in [1.165, 1.54) is 18.7 Å². The minimum absolute atomic E-state index is 0.216. The van der Waals surface area contributed by atoms with Crippen LogP contribution < -0.4 is 5.32 Å². The third kappa shape index (κ3) is 1.47. The molecule has 3 fully saturated rings. The van der Waals surface area contributed by atoms with Gasteiger partial charge in [0.05, 0.1) is 16.9 Å². The van der Waals surface area contributed by atoms with Gasteiger partial charge in [-0.25, -0.2) is 0 Å². The smallest absolute Gasteiger partial charge is 0.219 e. The summed E-state index contributed by atoms with van der Waals surface area (Å²) in [6.45, 7) is 7.85. The number of likely N-dealkylation sites (tertiary alicyclic amines) is 1. The predicted octanol–water partition coefficient (Wildman–Crippen LogP) is 0.606. The summed E-state index contributed by atoms with van der Waals surface area (Å²) in [5.74, 6) is 1.45. The molecule has 0 bridgehead atoms. The molecule has 20 heavy (non-hydrogen) atoms. The first-order chi connectivity index (χ1) is 9.58. The minimum Gasteiger partial charge on any atom is -0.348 e. The van der Waals surface area contributed by atoms with Gasteiger partial charge in [0.2, 0.25) is 5.91 Å². The lowest BCUT2D eigenvalue weighted by Crippen LogP contribution is -2.57. The molecule has 2 atom stereocenters. The van der Waals surface area contributed by atoms with Crippen molar-refractivity contribution >= 4 is 11.7 Å². The fraction of sp³-hybridized carbons (Fsp3) is 0.867. The van der Waals surface area contributed by atoms with E-state index in [0.29, 0.717) is 6.04 Å². The first kappa shape index (κ1) is 12.6. The number of nitrogens with one attached hydrogen (secondary N) is 1. The molecule has 3 heterocycles. The van der Waals surface area contributed by atoms with Crippen LogP contribution in [0.2, 0.25) is 0 Å². The van der Waals surface area contributed by atoms with Gasteiger partial charge in [-0.15, -0.1) is 0 Å². The Kier molecular flexibility index (Phi) is 2.50. The summed E-state index contributed by atoms with van der Waals surface area (Å²) in [6, 6.07) is 0.568. The average Bonchev–Trinajstić information content (AvgIpc) is 3.00. The second-order valence-corrected chi connectivity index (χ2v) is 6.93. The first-order valence-corrected chi connectivity index (χ1v) is 7.90. The van der Waals surface area contributed by atoms with Crippen molar-refractivity contribution in [1.82, 2.24) is 15.1 Å². The van der Waals surface area contributed by atoms with Gasteiger partial charge >= 0.3 is 0 Å². The molecule has 3 aliphatic heterocycles. The second-order valence-electron chi connectivity index (χ2n) is 6.93. The predicted molar refractivity (Wildman–Crippen MR) is 77.8 cm³/mol. The molecule has 2 unspecified atom stereocenters. The number of amidine groups is 1. The molecule has 4 rings (SSSR count). The molecule has 1 saturated carbocycles. The van der Waals surface area contributed by atoms with Gasteiger partial charge in [0.25, 0.3) is 0 Å². The van der Waals surface area contributed by atoms with E-state index < -0.39 is 0 Å². The highest BCUT2D eigenvalue weighted by Gasteiger charge is 2.75. The van der Waals surface area contributed by atoms with E-state index in [2.05, 4.69) is 17.1 Å². The Bertz CT molecular complexity index is 482. The zero-order valence-electron chi connectivity index (χ0n) is 12.5. The van der Waals surface area contributed by atoms with E-state index in [1.807, 2.05) is 4.90 Å². The standard InChI is InChI=1S/C15H24N4O/c1-11-17-14-5-6-16-10-15(14,9-14)19(11)13-3-7-18(8-4-13)12(2)20/h13,16H,3-10H2,1-2H3. The van der Waals surface area contributed by atoms with Crippen molar-refractivity contribution in [2.45, 2.75) is 56.7 Å². The molecule has 4 aliphatic rings. The van der Waals surface area contributed by atoms with Crippen molar-refractivity contribution in [3.63, 3.8) is 0 Å². The van der Waals surface area contributed by atoms with Gasteiger partial charge in [0, 0.05) is 39.0 Å². The van der Waals surface area contributed by atoms with Crippen LogP contribution in [0.5, 0.6) is 0 Å². The van der Waals surface area contributed by atoms with Crippen molar-refractivity contribution in [2.75, 3.05) is 26.2 Å². The van der Waals surface area contributed by atoms with Gasteiger partial charge < -0.3 is 15.1 Å². The van der Waals surface area contributed by atoms with Gasteiger partial charge in [-0.3, -0.25) is 9.79 Å². The fourth-order valence-corrected chi connectivity index (χ4v) is 4.90. The number of carbonyl (C=O) groups excluding carboxylic acids is 1. The summed E-state index contributed by atoms with van der Waals surface area (Å²) < 4.78 is 0. The van der Waals surface area contributed by atoms with Gasteiger partial charge in [-0.1, -0.05) is 0 Å². The van der Waals surface area contributed by atoms with Crippen LogP contribution in [0.1, 0.15) is 39.5 Å². The number of carbonyl (C=O) groups is 1. The molecule has 0 spiro atoms. The number of piperidine rings is 2. The third-order valence-electron chi connectivity index (χ3n) is 5.92. The third-order valence-corrected chi connectivity index (χ3v) is 5.92. The molecule has 0 aromatic heterocycles. The molecule has 2 saturated heterocycles. The highest BCUT2D eigenvalue weighted by atomic mass is 16.2. The monoisotopic (exact) mass is 276 g/mol. The lowest BCUT2D eigenvalue weighted by molar-refractivity contribution is -0.130. The Balaban J connectivity index is 1.52. The van der Waals surface area contributed by atoms with Crippen LogP contribution in [-0.2, 0) is 4.79 Å². The Labute approximate surface area is 120 Å². The second kappa shape index (κ2) is 3.97. The largest absolute Gasteiger partial charge is 0.348 e. The molecular formula is C15H24N4O. The van der Waals surface area contributed by atoms with Crippen LogP contribution in [0, 0.1) is 0 Å². The quantitative estimate of drug-likeness (QED) is 0.763. The lowest BCUT2D eigenvalue weighted by atomic mass is 9.96. The SMILES string of the molecule is CC(=O)N1CCC(N2C(C)=NC34CCNCC23C4)CC1. The van der Waals surface area contributed by atoms with Crippen LogP contribution in [0.25, 0.3) is 0 Å². The molecular weight excluding hydrogens is 252 g/mol. The Morgan fingerprint density at radius 2 is 2.15 bits per heavy atom. The van der Waals surface area contributed by atoms with Crippen molar-refractivity contribution < 1.29 is 4.79 Å². The topological polar surface area (TPSA) is 47.9 Å². The number of amides is 1. The van der Waals surface area contributed by atoms with Gasteiger partial charge in [0.1, 0.15) is 0 Å². The van der Waals surface area contributed by atoms with Crippen molar-refractivity contribution in [3.05, 3.63) is 0 Å². The number of rotatable bonds is 1. The molecule has 110 valence electrons. The molecule has 5 heteroatoms. The average molecular weight is 276 g/mol. The number of nitrogens with zero attached hydrogens (tertiary/aromatic N) is 3. The van der Waals surface area contributed by atoms with Crippen LogP contribution in [-0.4, -0.2) is 64.8 Å². The Hall–Kier alpha value is -1.10. The van der Waals surface area contributed by atoms with E-state index in [-0.39, 0.29) is 17.0 Å². The van der Waals surface area contributed by atoms with E-state index in [9.17, 15) is 4.79 Å². The van der Waals surface area contributed by atoms with Gasteiger partial charge in [-0.05, 0) is 32.7 Å². The zero-order valence-corrected chi connectivity index (χ0v) is 12.5. The van der Waals surface area contributed by atoms with E-state index >= 15 is 0 Å². The molecule has 0 aromatic carbocycles. The summed E-state index contributed by atoms with van der Waals surface area (Å²) in [7, 11) is 0. The number of aliphatic imine (C=N–C) groups is 1. The summed E-state index contributed by atoms with van der Waals surface area (Å²) in [4.78, 5) is 21.1. The minimum atomic E-state index is 0.216. The molecule has 0 radical (unpaired) electrons. The maximum Gasteiger partial charge on any atom is 0.219 e. The molecule has 5 nitrogen and oxygen atoms in total. The summed E-state index contributed by atoms with van der Waals surface area (Å²) in [5, 5.41) is 3.57. The van der Waals surface area contributed by atoms with Crippen molar-refractivity contribution in [1.29, 1.82) is 0 Å². The van der Waals surface area contributed by atoms with E-state index in [1.54, 1.807) is 6.92 Å². The van der Waals surface area contributed by atoms with Crippen LogP contribution in [0.15, 0.2) is 4.99 Å². The number of hydrogen-bond acceptors (Lipinski definition) is 4. The normalized spacial score (nSPS) is 40.2.